The maximum absolute atomic E-state index is 12.5. The molecule has 1 N–H and O–H groups in total. The zero-order valence-corrected chi connectivity index (χ0v) is 17.4. The van der Waals surface area contributed by atoms with Crippen molar-refractivity contribution in [2.24, 2.45) is 0 Å². The highest BCUT2D eigenvalue weighted by Gasteiger charge is 2.20. The molecule has 0 aliphatic carbocycles. The van der Waals surface area contributed by atoms with E-state index in [0.717, 1.165) is 21.3 Å². The van der Waals surface area contributed by atoms with Gasteiger partial charge in [-0.15, -0.1) is 11.3 Å². The van der Waals surface area contributed by atoms with Crippen LogP contribution < -0.4 is 10.2 Å². The Morgan fingerprint density at radius 2 is 2.10 bits per heavy atom. The summed E-state index contributed by atoms with van der Waals surface area (Å²) in [6, 6.07) is 5.45. The van der Waals surface area contributed by atoms with E-state index in [1.165, 1.54) is 4.88 Å². The van der Waals surface area contributed by atoms with E-state index >= 15 is 0 Å². The summed E-state index contributed by atoms with van der Waals surface area (Å²) < 4.78 is 4.99. The molecule has 0 radical (unpaired) electrons. The Labute approximate surface area is 171 Å². The van der Waals surface area contributed by atoms with Crippen LogP contribution in [0.1, 0.15) is 16.2 Å². The van der Waals surface area contributed by atoms with E-state index in [0.29, 0.717) is 23.2 Å². The minimum atomic E-state index is -0.208. The van der Waals surface area contributed by atoms with Crippen LogP contribution in [-0.2, 0) is 4.79 Å². The molecule has 0 unspecified atom stereocenters. The molecule has 0 bridgehead atoms. The fourth-order valence-electron chi connectivity index (χ4n) is 3.03. The quantitative estimate of drug-likeness (QED) is 0.537. The van der Waals surface area contributed by atoms with Crippen LogP contribution in [0.2, 0.25) is 0 Å². The molecule has 4 rings (SSSR count). The van der Waals surface area contributed by atoms with Crippen molar-refractivity contribution in [3.05, 3.63) is 46.8 Å². The average molecular weight is 408 g/mol. The van der Waals surface area contributed by atoms with Gasteiger partial charge in [-0.05, 0) is 38.5 Å². The molecule has 8 nitrogen and oxygen atoms in total. The first-order chi connectivity index (χ1) is 13.9. The second-order valence-corrected chi connectivity index (χ2v) is 8.01. The first-order valence-corrected chi connectivity index (χ1v) is 9.86. The standard InChI is InChI=1S/C20H20N6O2S/c1-11-8-15(25-28-11)22-16(27)10-26(4)19-17-12(2)13(3)29-20(17)24-18(23-19)14-6-5-7-21-9-14/h5-9H,10H2,1-4H3,(H,22,25,27). The van der Waals surface area contributed by atoms with E-state index in [1.807, 2.05) is 24.1 Å². The number of amides is 1. The second-order valence-electron chi connectivity index (χ2n) is 6.80. The third-order valence-electron chi connectivity index (χ3n) is 4.57. The molecule has 148 valence electrons. The molecular formula is C20H20N6O2S. The van der Waals surface area contributed by atoms with Crippen molar-refractivity contribution in [1.29, 1.82) is 0 Å². The Morgan fingerprint density at radius 3 is 2.79 bits per heavy atom. The molecule has 4 aromatic heterocycles. The molecular weight excluding hydrogens is 388 g/mol. The SMILES string of the molecule is Cc1cc(NC(=O)CN(C)c2nc(-c3cccnc3)nc3sc(C)c(C)c23)no1. The van der Waals surface area contributed by atoms with Gasteiger partial charge in [0.2, 0.25) is 5.91 Å². The van der Waals surface area contributed by atoms with E-state index in [-0.39, 0.29) is 12.5 Å². The van der Waals surface area contributed by atoms with E-state index in [4.69, 9.17) is 14.5 Å². The molecule has 29 heavy (non-hydrogen) atoms. The fraction of sp³-hybridized carbons (Fsp3) is 0.250. The highest BCUT2D eigenvalue weighted by atomic mass is 32.1. The van der Waals surface area contributed by atoms with Gasteiger partial charge in [0.1, 0.15) is 16.4 Å². The summed E-state index contributed by atoms with van der Waals surface area (Å²) in [6.45, 7) is 6.00. The van der Waals surface area contributed by atoms with Crippen molar-refractivity contribution in [3.63, 3.8) is 0 Å². The topological polar surface area (TPSA) is 97.0 Å². The number of thiophene rings is 1. The summed E-state index contributed by atoms with van der Waals surface area (Å²) in [7, 11) is 1.84. The van der Waals surface area contributed by atoms with Gasteiger partial charge in [-0.2, -0.15) is 0 Å². The molecule has 9 heteroatoms. The first-order valence-electron chi connectivity index (χ1n) is 9.05. The Kier molecular flexibility index (Phi) is 4.98. The van der Waals surface area contributed by atoms with Crippen molar-refractivity contribution in [1.82, 2.24) is 20.1 Å². The van der Waals surface area contributed by atoms with Gasteiger partial charge in [0.15, 0.2) is 11.6 Å². The van der Waals surface area contributed by atoms with Crippen LogP contribution in [-0.4, -0.2) is 39.6 Å². The van der Waals surface area contributed by atoms with Gasteiger partial charge in [-0.1, -0.05) is 5.16 Å². The average Bonchev–Trinajstić information content (AvgIpc) is 3.24. The van der Waals surface area contributed by atoms with E-state index in [2.05, 4.69) is 29.3 Å². The molecule has 0 spiro atoms. The van der Waals surface area contributed by atoms with Crippen molar-refractivity contribution in [2.75, 3.05) is 23.8 Å². The van der Waals surface area contributed by atoms with E-state index in [1.54, 1.807) is 36.7 Å². The van der Waals surface area contributed by atoms with Gasteiger partial charge in [0, 0.05) is 35.9 Å². The number of pyridine rings is 1. The van der Waals surface area contributed by atoms with Crippen LogP contribution >= 0.6 is 11.3 Å². The van der Waals surface area contributed by atoms with Crippen LogP contribution in [0.15, 0.2) is 35.1 Å². The highest BCUT2D eigenvalue weighted by Crippen LogP contribution is 2.36. The molecule has 0 atom stereocenters. The van der Waals surface area contributed by atoms with Gasteiger partial charge < -0.3 is 14.7 Å². The van der Waals surface area contributed by atoms with Crippen LogP contribution in [0.25, 0.3) is 21.6 Å². The number of aryl methyl sites for hydroxylation is 3. The third kappa shape index (κ3) is 3.81. The van der Waals surface area contributed by atoms with Gasteiger partial charge in [-0.3, -0.25) is 9.78 Å². The lowest BCUT2D eigenvalue weighted by Crippen LogP contribution is -2.31. The normalized spacial score (nSPS) is 11.0. The number of likely N-dealkylation sites (N-methyl/N-ethyl adjacent to an activating group) is 1. The third-order valence-corrected chi connectivity index (χ3v) is 5.67. The zero-order chi connectivity index (χ0) is 20.5. The van der Waals surface area contributed by atoms with Crippen LogP contribution in [0.5, 0.6) is 0 Å². The largest absolute Gasteiger partial charge is 0.360 e. The molecule has 0 saturated heterocycles. The highest BCUT2D eigenvalue weighted by molar-refractivity contribution is 7.18. The fourth-order valence-corrected chi connectivity index (χ4v) is 4.05. The molecule has 0 fully saturated rings. The summed E-state index contributed by atoms with van der Waals surface area (Å²) in [5, 5.41) is 7.51. The van der Waals surface area contributed by atoms with Gasteiger partial charge >= 0.3 is 0 Å². The van der Waals surface area contributed by atoms with Crippen LogP contribution in [0, 0.1) is 20.8 Å². The van der Waals surface area contributed by atoms with E-state index in [9.17, 15) is 4.79 Å². The molecule has 4 heterocycles. The smallest absolute Gasteiger partial charge is 0.245 e. The minimum absolute atomic E-state index is 0.110. The van der Waals surface area contributed by atoms with Crippen molar-refractivity contribution < 1.29 is 9.32 Å². The molecule has 0 aromatic carbocycles. The van der Waals surface area contributed by atoms with Crippen LogP contribution in [0.3, 0.4) is 0 Å². The Bertz CT molecular complexity index is 1180. The summed E-state index contributed by atoms with van der Waals surface area (Å²) in [6.07, 6.45) is 3.45. The second kappa shape index (κ2) is 7.59. The summed E-state index contributed by atoms with van der Waals surface area (Å²) in [4.78, 5) is 30.1. The first kappa shape index (κ1) is 19.0. The van der Waals surface area contributed by atoms with Gasteiger partial charge in [0.05, 0.1) is 11.9 Å². The minimum Gasteiger partial charge on any atom is -0.360 e. The molecule has 0 aliphatic heterocycles. The maximum Gasteiger partial charge on any atom is 0.245 e. The van der Waals surface area contributed by atoms with Crippen LogP contribution in [0.4, 0.5) is 11.6 Å². The number of hydrogen-bond acceptors (Lipinski definition) is 8. The lowest BCUT2D eigenvalue weighted by Gasteiger charge is -2.19. The number of nitrogens with one attached hydrogen (secondary N) is 1. The summed E-state index contributed by atoms with van der Waals surface area (Å²) in [5.74, 6) is 2.12. The maximum atomic E-state index is 12.5. The zero-order valence-electron chi connectivity index (χ0n) is 16.6. The predicted molar refractivity (Wildman–Crippen MR) is 113 cm³/mol. The Morgan fingerprint density at radius 1 is 1.28 bits per heavy atom. The lowest BCUT2D eigenvalue weighted by atomic mass is 10.2. The molecule has 1 amide bonds. The Balaban J connectivity index is 1.69. The number of anilines is 2. The van der Waals surface area contributed by atoms with Crippen molar-refractivity contribution >= 4 is 39.1 Å². The summed E-state index contributed by atoms with van der Waals surface area (Å²) >= 11 is 1.62. The number of carbonyl (C=O) groups excluding carboxylic acids is 1. The van der Waals surface area contributed by atoms with Crippen molar-refractivity contribution in [3.8, 4) is 11.4 Å². The monoisotopic (exact) mass is 408 g/mol. The number of carbonyl (C=O) groups is 1. The number of fused-ring (bicyclic) bond motifs is 1. The Hall–Kier alpha value is -3.33. The number of hydrogen-bond donors (Lipinski definition) is 1. The van der Waals surface area contributed by atoms with Gasteiger partial charge in [-0.25, -0.2) is 9.97 Å². The predicted octanol–water partition coefficient (Wildman–Crippen LogP) is 3.74. The molecule has 4 aromatic rings. The lowest BCUT2D eigenvalue weighted by molar-refractivity contribution is -0.115. The van der Waals surface area contributed by atoms with Crippen molar-refractivity contribution in [2.45, 2.75) is 20.8 Å². The number of nitrogens with zero attached hydrogens (tertiary/aromatic N) is 5. The van der Waals surface area contributed by atoms with Gasteiger partial charge in [0.25, 0.3) is 0 Å². The van der Waals surface area contributed by atoms with E-state index < -0.39 is 0 Å². The summed E-state index contributed by atoms with van der Waals surface area (Å²) in [5.41, 5.74) is 1.95. The number of aromatic nitrogens is 4. The molecule has 0 aliphatic rings. The number of rotatable bonds is 5. The molecule has 0 saturated carbocycles.